The van der Waals surface area contributed by atoms with E-state index < -0.39 is 17.4 Å². The molecule has 3 aromatic carbocycles. The molecule has 0 aliphatic carbocycles. The molecule has 2 N–H and O–H groups in total. The Balaban J connectivity index is 1.36. The van der Waals surface area contributed by atoms with Crippen molar-refractivity contribution in [2.75, 3.05) is 18.6 Å². The fourth-order valence-corrected chi connectivity index (χ4v) is 6.31. The van der Waals surface area contributed by atoms with Crippen LogP contribution in [0.25, 0.3) is 0 Å². The van der Waals surface area contributed by atoms with Crippen LogP contribution >= 0.6 is 22.6 Å². The third-order valence-corrected chi connectivity index (χ3v) is 8.64. The predicted octanol–water partition coefficient (Wildman–Crippen LogP) is 4.56. The number of amides is 2. The van der Waals surface area contributed by atoms with Gasteiger partial charge in [-0.15, -0.1) is 0 Å². The minimum Gasteiger partial charge on any atom is -0.497 e. The van der Waals surface area contributed by atoms with Crippen molar-refractivity contribution in [2.24, 2.45) is 5.92 Å². The Morgan fingerprint density at radius 3 is 2.65 bits per heavy atom. The fourth-order valence-electron chi connectivity index (χ4n) is 5.70. The number of carbonyl (C=O) groups is 2. The lowest BCUT2D eigenvalue weighted by molar-refractivity contribution is -0.139. The summed E-state index contributed by atoms with van der Waals surface area (Å²) < 4.78 is 6.48. The molecule has 0 spiro atoms. The van der Waals surface area contributed by atoms with Gasteiger partial charge in [0.2, 0.25) is 5.91 Å². The Kier molecular flexibility index (Phi) is 8.30. The van der Waals surface area contributed by atoms with Gasteiger partial charge in [-0.2, -0.15) is 0 Å². The van der Waals surface area contributed by atoms with Crippen LogP contribution in [0, 0.1) is 9.49 Å². The molecule has 2 aliphatic rings. The molecule has 0 radical (unpaired) electrons. The summed E-state index contributed by atoms with van der Waals surface area (Å²) in [5, 5.41) is 21.9. The van der Waals surface area contributed by atoms with Gasteiger partial charge in [-0.1, -0.05) is 55.5 Å². The van der Waals surface area contributed by atoms with Gasteiger partial charge in [-0.05, 0) is 76.0 Å². The van der Waals surface area contributed by atoms with Crippen molar-refractivity contribution in [1.29, 1.82) is 0 Å². The normalized spacial score (nSPS) is 20.9. The second-order valence-electron chi connectivity index (χ2n) is 10.4. The molecule has 0 saturated heterocycles. The highest BCUT2D eigenvalue weighted by Gasteiger charge is 2.52. The molecule has 7 nitrogen and oxygen atoms in total. The zero-order valence-corrected chi connectivity index (χ0v) is 24.7. The topological polar surface area (TPSA) is 90.3 Å². The van der Waals surface area contributed by atoms with E-state index in [0.29, 0.717) is 36.5 Å². The van der Waals surface area contributed by atoms with Crippen molar-refractivity contribution in [3.05, 3.63) is 105 Å². The van der Waals surface area contributed by atoms with E-state index in [1.807, 2.05) is 48.5 Å². The van der Waals surface area contributed by atoms with Crippen molar-refractivity contribution in [1.82, 2.24) is 4.90 Å². The maximum atomic E-state index is 13.9. The van der Waals surface area contributed by atoms with Crippen molar-refractivity contribution in [3.63, 3.8) is 0 Å². The van der Waals surface area contributed by atoms with Crippen LogP contribution in [0.2, 0.25) is 0 Å². The smallest absolute Gasteiger partial charge is 0.264 e. The molecule has 0 aromatic heterocycles. The summed E-state index contributed by atoms with van der Waals surface area (Å²) in [6.45, 7) is 2.45. The first-order valence-corrected chi connectivity index (χ1v) is 14.4. The number of hydrogen-bond donors (Lipinski definition) is 2. The number of fused-ring (bicyclic) bond motifs is 2. The zero-order chi connectivity index (χ0) is 28.4. The molecule has 40 heavy (non-hydrogen) atoms. The number of nitrogens with zero attached hydrogens (tertiary/aromatic N) is 2. The van der Waals surface area contributed by atoms with E-state index in [-0.39, 0.29) is 25.0 Å². The van der Waals surface area contributed by atoms with Crippen molar-refractivity contribution in [3.8, 4) is 5.75 Å². The van der Waals surface area contributed by atoms with E-state index in [1.165, 1.54) is 0 Å². The van der Waals surface area contributed by atoms with E-state index in [0.717, 1.165) is 20.3 Å². The molecule has 208 valence electrons. The van der Waals surface area contributed by atoms with Gasteiger partial charge < -0.3 is 24.7 Å². The monoisotopic (exact) mass is 652 g/mol. The number of carbonyl (C=O) groups excluding carboxylic acids is 2. The maximum Gasteiger partial charge on any atom is 0.264 e. The van der Waals surface area contributed by atoms with Gasteiger partial charge in [0.15, 0.2) is 5.60 Å². The van der Waals surface area contributed by atoms with E-state index in [4.69, 9.17) is 4.74 Å². The average molecular weight is 653 g/mol. The predicted molar refractivity (Wildman–Crippen MR) is 162 cm³/mol. The Labute approximate surface area is 248 Å². The standard InChI is InChI=1S/C32H33IN2O5/c1-21(7-5-12-30(37)34-19-24-10-4-3-9-23(24)16-26(34)20-36)32(39)28-17-27(40-2)13-14-29(28)35(31(32)38)18-22-8-6-11-25(33)15-22/h3-11,13-15,17,21,26,36,39H,12,16,18-20H2,1-2H3/b7-5+/t21-,26+,32+/m1/s1. The molecule has 0 unspecified atom stereocenters. The molecule has 3 aromatic rings. The van der Waals surface area contributed by atoms with Crippen LogP contribution in [0.15, 0.2) is 78.9 Å². The fraction of sp³-hybridized carbons (Fsp3) is 0.312. The maximum absolute atomic E-state index is 13.9. The SMILES string of the molecule is COc1ccc2c(c1)[C@@](O)([C@H](C)/C=C/CC(=O)N1Cc3ccccc3C[C@H]1CO)C(=O)N2Cc1cccc(I)c1. The Morgan fingerprint density at radius 2 is 1.93 bits per heavy atom. The Morgan fingerprint density at radius 1 is 1.15 bits per heavy atom. The first kappa shape index (κ1) is 28.3. The highest BCUT2D eigenvalue weighted by molar-refractivity contribution is 14.1. The minimum absolute atomic E-state index is 0.102. The third-order valence-electron chi connectivity index (χ3n) is 7.97. The molecule has 8 heteroatoms. The number of aliphatic hydroxyl groups is 2. The molecular formula is C32H33IN2O5. The van der Waals surface area contributed by atoms with Crippen molar-refractivity contribution < 1.29 is 24.5 Å². The lowest BCUT2D eigenvalue weighted by Crippen LogP contribution is -2.46. The molecule has 2 heterocycles. The first-order valence-electron chi connectivity index (χ1n) is 13.4. The largest absolute Gasteiger partial charge is 0.497 e. The van der Waals surface area contributed by atoms with E-state index in [9.17, 15) is 19.8 Å². The highest BCUT2D eigenvalue weighted by Crippen LogP contribution is 2.47. The third kappa shape index (κ3) is 5.27. The van der Waals surface area contributed by atoms with Gasteiger partial charge >= 0.3 is 0 Å². The van der Waals surface area contributed by atoms with E-state index >= 15 is 0 Å². The van der Waals surface area contributed by atoms with Crippen LogP contribution < -0.4 is 9.64 Å². The summed E-state index contributed by atoms with van der Waals surface area (Å²) in [7, 11) is 1.55. The summed E-state index contributed by atoms with van der Waals surface area (Å²) in [5.41, 5.74) is 2.51. The van der Waals surface area contributed by atoms with Crippen LogP contribution in [-0.2, 0) is 34.7 Å². The Bertz CT molecular complexity index is 1460. The lowest BCUT2D eigenvalue weighted by Gasteiger charge is -2.36. The molecule has 0 saturated carbocycles. The Hall–Kier alpha value is -3.21. The number of hydrogen-bond acceptors (Lipinski definition) is 5. The van der Waals surface area contributed by atoms with Crippen molar-refractivity contribution >= 4 is 40.1 Å². The summed E-state index contributed by atoms with van der Waals surface area (Å²) in [5.74, 6) is -0.585. The molecular weight excluding hydrogens is 619 g/mol. The van der Waals surface area contributed by atoms with Crippen LogP contribution in [0.5, 0.6) is 5.75 Å². The quantitative estimate of drug-likeness (QED) is 0.275. The van der Waals surface area contributed by atoms with Gasteiger partial charge in [-0.3, -0.25) is 9.59 Å². The minimum atomic E-state index is -1.82. The summed E-state index contributed by atoms with van der Waals surface area (Å²) in [6, 6.07) is 20.9. The second-order valence-corrected chi connectivity index (χ2v) is 11.7. The number of halogens is 1. The van der Waals surface area contributed by atoms with Gasteiger partial charge in [0, 0.05) is 28.0 Å². The van der Waals surface area contributed by atoms with Crippen LogP contribution in [0.1, 0.15) is 35.6 Å². The summed E-state index contributed by atoms with van der Waals surface area (Å²) in [6.07, 6.45) is 4.17. The van der Waals surface area contributed by atoms with Crippen LogP contribution in [0.3, 0.4) is 0 Å². The van der Waals surface area contributed by atoms with Gasteiger partial charge in [0.1, 0.15) is 5.75 Å². The first-order chi connectivity index (χ1) is 19.3. The number of anilines is 1. The molecule has 5 rings (SSSR count). The molecule has 0 fully saturated rings. The number of benzene rings is 3. The number of methoxy groups -OCH3 is 1. The van der Waals surface area contributed by atoms with Gasteiger partial charge in [0.25, 0.3) is 5.91 Å². The number of rotatable bonds is 8. The molecule has 3 atom stereocenters. The van der Waals surface area contributed by atoms with Crippen molar-refractivity contribution in [2.45, 2.75) is 44.5 Å². The summed E-state index contributed by atoms with van der Waals surface area (Å²) >= 11 is 2.24. The molecule has 2 amide bonds. The second kappa shape index (κ2) is 11.7. The molecule has 0 bridgehead atoms. The lowest BCUT2D eigenvalue weighted by atomic mass is 9.82. The van der Waals surface area contributed by atoms with E-state index in [1.54, 1.807) is 54.2 Å². The number of aliphatic hydroxyl groups excluding tert-OH is 1. The van der Waals surface area contributed by atoms with Crippen LogP contribution in [-0.4, -0.2) is 46.7 Å². The zero-order valence-electron chi connectivity index (χ0n) is 22.6. The highest BCUT2D eigenvalue weighted by atomic mass is 127. The van der Waals surface area contributed by atoms with Gasteiger partial charge in [0.05, 0.1) is 32.0 Å². The summed E-state index contributed by atoms with van der Waals surface area (Å²) in [4.78, 5) is 30.4. The van der Waals surface area contributed by atoms with E-state index in [2.05, 4.69) is 22.6 Å². The number of ether oxygens (including phenoxy) is 1. The van der Waals surface area contributed by atoms with Crippen LogP contribution in [0.4, 0.5) is 5.69 Å². The van der Waals surface area contributed by atoms with Gasteiger partial charge in [-0.25, -0.2) is 0 Å². The molecule has 2 aliphatic heterocycles. The average Bonchev–Trinajstić information content (AvgIpc) is 3.18.